The van der Waals surface area contributed by atoms with Crippen LogP contribution in [0, 0.1) is 6.92 Å². The fourth-order valence-corrected chi connectivity index (χ4v) is 6.90. The first-order chi connectivity index (χ1) is 13.5. The molecule has 0 spiro atoms. The first-order valence-corrected chi connectivity index (χ1v) is 13.1. The molecule has 6 atom stereocenters. The zero-order valence-electron chi connectivity index (χ0n) is 14.9. The Morgan fingerprint density at radius 1 is 1.13 bits per heavy atom. The maximum absolute atomic E-state index is 12.0. The van der Waals surface area contributed by atoms with Gasteiger partial charge in [0.15, 0.2) is 0 Å². The van der Waals surface area contributed by atoms with Gasteiger partial charge in [-0.2, -0.15) is 13.6 Å². The third kappa shape index (κ3) is 6.68. The summed E-state index contributed by atoms with van der Waals surface area (Å²) in [6, 6.07) is 0. The lowest BCUT2D eigenvalue weighted by atomic mass is 10.1. The maximum atomic E-state index is 12.0. The Balaban J connectivity index is 2.09. The minimum atomic E-state index is -5.69. The number of aryl methyl sites for hydroxylation is 1. The molecule has 0 amide bonds. The lowest BCUT2D eigenvalue weighted by Gasteiger charge is -2.19. The molecule has 1 aromatic heterocycles. The van der Waals surface area contributed by atoms with Gasteiger partial charge < -0.3 is 35.5 Å². The first kappa shape index (κ1) is 25.6. The third-order valence-electron chi connectivity index (χ3n) is 3.60. The monoisotopic (exact) mass is 513 g/mol. The fourth-order valence-electron chi connectivity index (χ4n) is 2.33. The van der Waals surface area contributed by atoms with E-state index < -0.39 is 58.6 Å². The summed E-state index contributed by atoms with van der Waals surface area (Å²) in [7, 11) is -16.6. The molecule has 0 radical (unpaired) electrons. The van der Waals surface area contributed by atoms with E-state index in [0.29, 0.717) is 5.56 Å². The highest BCUT2D eigenvalue weighted by Gasteiger charge is 2.46. The van der Waals surface area contributed by atoms with E-state index in [1.165, 1.54) is 6.20 Å². The largest absolute Gasteiger partial charge is 0.490 e. The summed E-state index contributed by atoms with van der Waals surface area (Å²) in [6.45, 7) is 0.715. The van der Waals surface area contributed by atoms with Crippen LogP contribution in [-0.2, 0) is 26.8 Å². The number of aliphatic hydroxyl groups is 2. The summed E-state index contributed by atoms with van der Waals surface area (Å²) in [4.78, 5) is 51.1. The highest BCUT2D eigenvalue weighted by atomic mass is 32.2. The van der Waals surface area contributed by atoms with Crippen molar-refractivity contribution in [2.24, 2.45) is 0 Å². The van der Waals surface area contributed by atoms with Crippen LogP contribution in [0.2, 0.25) is 0 Å². The number of phosphoric ester groups is 1. The molecule has 0 saturated carbocycles. The topological polar surface area (TPSA) is 261 Å². The van der Waals surface area contributed by atoms with Gasteiger partial charge in [0.1, 0.15) is 17.3 Å². The second-order valence-electron chi connectivity index (χ2n) is 5.93. The lowest BCUT2D eigenvalue weighted by molar-refractivity contribution is 0.00996. The van der Waals surface area contributed by atoms with Gasteiger partial charge in [0.05, 0.1) is 18.0 Å². The Kier molecular flexibility index (Phi) is 7.75. The molecular weight excluding hydrogens is 495 g/mol. The van der Waals surface area contributed by atoms with Crippen molar-refractivity contribution >= 4 is 41.0 Å². The summed E-state index contributed by atoms with van der Waals surface area (Å²) >= 11 is 0.759. The Bertz CT molecular complexity index is 997. The van der Waals surface area contributed by atoms with Gasteiger partial charge in [0, 0.05) is 11.8 Å². The molecule has 20 heteroatoms. The summed E-state index contributed by atoms with van der Waals surface area (Å²) in [5, 5.41) is 18.1. The Hall–Kier alpha value is -0.640. The number of thioether (sulfide) groups is 1. The average Bonchev–Trinajstić information content (AvgIpc) is 2.81. The molecule has 0 bridgehead atoms. The van der Waals surface area contributed by atoms with Gasteiger partial charge in [0.2, 0.25) is 0 Å². The number of rotatable bonds is 8. The predicted molar refractivity (Wildman–Crippen MR) is 99.9 cm³/mol. The molecule has 8 N–H and O–H groups in total. The number of phosphoric acid groups is 3. The van der Waals surface area contributed by atoms with E-state index in [-0.39, 0.29) is 5.82 Å². The van der Waals surface area contributed by atoms with Crippen molar-refractivity contribution in [2.45, 2.75) is 29.8 Å². The van der Waals surface area contributed by atoms with Crippen molar-refractivity contribution in [2.75, 3.05) is 12.3 Å². The van der Waals surface area contributed by atoms with E-state index in [1.807, 2.05) is 0 Å². The van der Waals surface area contributed by atoms with Gasteiger partial charge in [-0.05, 0) is 6.92 Å². The highest BCUT2D eigenvalue weighted by Crippen LogP contribution is 2.66. The summed E-state index contributed by atoms with van der Waals surface area (Å²) in [5.74, 6) is -0.0292. The molecule has 0 aliphatic carbocycles. The number of nitrogens with two attached hydrogens (primary N) is 1. The summed E-state index contributed by atoms with van der Waals surface area (Å²) < 4.78 is 46.2. The minimum Gasteiger partial charge on any atom is -0.389 e. The molecule has 30 heavy (non-hydrogen) atoms. The van der Waals surface area contributed by atoms with Crippen LogP contribution in [0.25, 0.3) is 0 Å². The van der Waals surface area contributed by atoms with Crippen LogP contribution in [0.15, 0.2) is 11.0 Å². The molecule has 1 aromatic rings. The second-order valence-corrected chi connectivity index (χ2v) is 11.7. The maximum Gasteiger partial charge on any atom is 0.490 e. The Morgan fingerprint density at radius 3 is 2.30 bits per heavy atom. The summed E-state index contributed by atoms with van der Waals surface area (Å²) in [6.07, 6.45) is -1.81. The molecule has 16 nitrogen and oxygen atoms in total. The van der Waals surface area contributed by atoms with Crippen molar-refractivity contribution in [3.05, 3.63) is 22.2 Å². The smallest absolute Gasteiger partial charge is 0.389 e. The van der Waals surface area contributed by atoms with E-state index >= 15 is 0 Å². The van der Waals surface area contributed by atoms with E-state index in [2.05, 4.69) is 18.1 Å². The van der Waals surface area contributed by atoms with Crippen molar-refractivity contribution in [3.63, 3.8) is 0 Å². The standard InChI is InChI=1S/C10H18N3O13P3S/c1-4-2-13(10(16)12-8(4)11)9-7(15)6(14)5(30-9)3-24-28(20,21)26-29(22,23)25-27(17,18)19/h2,5-7,9,14-15H,3H2,1H3,(H,20,21)(H,22,23)(H2,11,12,16)(H2,17,18,19)/t5?,6-,7-,9-/m1/s1. The molecule has 1 aliphatic heterocycles. The number of hydrogen-bond donors (Lipinski definition) is 7. The second kappa shape index (κ2) is 9.08. The third-order valence-corrected chi connectivity index (χ3v) is 8.95. The summed E-state index contributed by atoms with van der Waals surface area (Å²) in [5.41, 5.74) is 5.11. The quantitative estimate of drug-likeness (QED) is 0.202. The highest BCUT2D eigenvalue weighted by molar-refractivity contribution is 8.00. The molecule has 2 rings (SSSR count). The van der Waals surface area contributed by atoms with Gasteiger partial charge in [-0.15, -0.1) is 11.8 Å². The van der Waals surface area contributed by atoms with Crippen LogP contribution in [0.1, 0.15) is 10.9 Å². The zero-order chi connectivity index (χ0) is 23.1. The number of aromatic nitrogens is 2. The van der Waals surface area contributed by atoms with Gasteiger partial charge in [0.25, 0.3) is 0 Å². The molecule has 1 saturated heterocycles. The van der Waals surface area contributed by atoms with Gasteiger partial charge >= 0.3 is 29.2 Å². The number of nitrogen functional groups attached to an aromatic ring is 1. The fraction of sp³-hybridized carbons (Fsp3) is 0.600. The predicted octanol–water partition coefficient (Wildman–Crippen LogP) is -1.19. The van der Waals surface area contributed by atoms with Crippen molar-refractivity contribution in [1.82, 2.24) is 9.55 Å². The van der Waals surface area contributed by atoms with Crippen LogP contribution in [0.5, 0.6) is 0 Å². The molecule has 1 aliphatic rings. The van der Waals surface area contributed by atoms with Crippen LogP contribution >= 0.6 is 35.2 Å². The van der Waals surface area contributed by atoms with E-state index in [4.69, 9.17) is 20.4 Å². The van der Waals surface area contributed by atoms with E-state index in [0.717, 1.165) is 16.3 Å². The SMILES string of the molecule is Cc1cn([C@@H]2SC(COP(=O)(O)OP(=O)(O)OP(=O)(O)O)[C@@H](O)[C@H]2O)c(=O)nc1N. The molecule has 2 heterocycles. The number of hydrogen-bond acceptors (Lipinski definition) is 12. The van der Waals surface area contributed by atoms with Crippen LogP contribution < -0.4 is 11.4 Å². The van der Waals surface area contributed by atoms with Crippen LogP contribution in [0.3, 0.4) is 0 Å². The van der Waals surface area contributed by atoms with E-state index in [1.54, 1.807) is 6.92 Å². The molecule has 172 valence electrons. The molecule has 0 aromatic carbocycles. The normalized spacial score (nSPS) is 28.8. The molecular formula is C10H18N3O13P3S. The Morgan fingerprint density at radius 2 is 1.73 bits per heavy atom. The first-order valence-electron chi connectivity index (χ1n) is 7.66. The van der Waals surface area contributed by atoms with E-state index in [9.17, 15) is 33.6 Å². The van der Waals surface area contributed by atoms with Crippen LogP contribution in [-0.4, -0.2) is 63.4 Å². The van der Waals surface area contributed by atoms with Crippen molar-refractivity contribution in [3.8, 4) is 0 Å². The Labute approximate surface area is 172 Å². The van der Waals surface area contributed by atoms with Crippen molar-refractivity contribution < 1.29 is 56.6 Å². The lowest BCUT2D eigenvalue weighted by Crippen LogP contribution is -2.36. The molecule has 1 fully saturated rings. The van der Waals surface area contributed by atoms with Gasteiger partial charge in [-0.1, -0.05) is 0 Å². The number of nitrogens with zero attached hydrogens (tertiary/aromatic N) is 2. The van der Waals surface area contributed by atoms with Gasteiger partial charge in [-0.3, -0.25) is 9.09 Å². The van der Waals surface area contributed by atoms with Gasteiger partial charge in [-0.25, -0.2) is 18.5 Å². The minimum absolute atomic E-state index is 0.0292. The number of anilines is 1. The molecule has 3 unspecified atom stereocenters. The van der Waals surface area contributed by atoms with Crippen LogP contribution in [0.4, 0.5) is 5.82 Å². The van der Waals surface area contributed by atoms with Crippen molar-refractivity contribution in [1.29, 1.82) is 0 Å². The average molecular weight is 513 g/mol. The number of aliphatic hydroxyl groups excluding tert-OH is 2. The zero-order valence-corrected chi connectivity index (χ0v) is 18.4.